The van der Waals surface area contributed by atoms with E-state index in [4.69, 9.17) is 9.47 Å². The van der Waals surface area contributed by atoms with Crippen molar-refractivity contribution in [3.63, 3.8) is 0 Å². The molecule has 0 aromatic carbocycles. The monoisotopic (exact) mass is 280 g/mol. The number of methoxy groups -OCH3 is 1. The van der Waals surface area contributed by atoms with Gasteiger partial charge in [0.25, 0.3) is 0 Å². The van der Waals surface area contributed by atoms with Crippen LogP contribution in [0.4, 0.5) is 4.79 Å². The topological polar surface area (TPSA) is 77.5 Å². The van der Waals surface area contributed by atoms with E-state index in [1.807, 2.05) is 0 Å². The standard InChI is InChI=1S/C14H20N2O4/c1-13(2,3)20-12(18)16-14(4,9-17)10-7-6-8-11(15-10)19-5/h6-9H,1-5H3,(H,16,18). The number of aromatic nitrogens is 1. The van der Waals surface area contributed by atoms with Crippen molar-refractivity contribution in [1.82, 2.24) is 10.3 Å². The molecule has 1 unspecified atom stereocenters. The first-order valence-electron chi connectivity index (χ1n) is 6.19. The van der Waals surface area contributed by atoms with E-state index < -0.39 is 17.2 Å². The summed E-state index contributed by atoms with van der Waals surface area (Å²) >= 11 is 0. The molecule has 1 N–H and O–H groups in total. The lowest BCUT2D eigenvalue weighted by atomic mass is 9.99. The summed E-state index contributed by atoms with van der Waals surface area (Å²) in [5.74, 6) is 0.363. The number of amides is 1. The van der Waals surface area contributed by atoms with E-state index in [2.05, 4.69) is 10.3 Å². The van der Waals surface area contributed by atoms with Crippen LogP contribution >= 0.6 is 0 Å². The zero-order chi connectivity index (χ0) is 15.4. The molecule has 0 bridgehead atoms. The first kappa shape index (κ1) is 15.9. The van der Waals surface area contributed by atoms with Gasteiger partial charge in [0.05, 0.1) is 12.8 Å². The number of aldehydes is 1. The predicted octanol–water partition coefficient (Wildman–Crippen LogP) is 2.03. The SMILES string of the molecule is COc1cccc(C(C)(C=O)NC(=O)OC(C)(C)C)n1. The molecule has 0 aliphatic rings. The summed E-state index contributed by atoms with van der Waals surface area (Å²) in [6.07, 6.45) is -0.0738. The number of carbonyl (C=O) groups is 2. The molecule has 1 amide bonds. The molecule has 1 aromatic heterocycles. The molecule has 0 fully saturated rings. The van der Waals surface area contributed by atoms with Crippen LogP contribution in [0.5, 0.6) is 5.88 Å². The van der Waals surface area contributed by atoms with Crippen molar-refractivity contribution < 1.29 is 19.1 Å². The Morgan fingerprint density at radius 3 is 2.45 bits per heavy atom. The van der Waals surface area contributed by atoms with Crippen molar-refractivity contribution in [2.75, 3.05) is 7.11 Å². The number of rotatable bonds is 4. The maximum absolute atomic E-state index is 11.8. The van der Waals surface area contributed by atoms with E-state index >= 15 is 0 Å². The highest BCUT2D eigenvalue weighted by molar-refractivity contribution is 5.77. The maximum Gasteiger partial charge on any atom is 0.408 e. The third kappa shape index (κ3) is 4.22. The normalized spacial score (nSPS) is 14.1. The molecular weight excluding hydrogens is 260 g/mol. The first-order valence-corrected chi connectivity index (χ1v) is 6.19. The highest BCUT2D eigenvalue weighted by Gasteiger charge is 2.32. The summed E-state index contributed by atoms with van der Waals surface area (Å²) in [5.41, 5.74) is -1.55. The minimum atomic E-state index is -1.28. The average Bonchev–Trinajstić information content (AvgIpc) is 2.36. The molecule has 6 nitrogen and oxygen atoms in total. The second kappa shape index (κ2) is 5.90. The predicted molar refractivity (Wildman–Crippen MR) is 73.6 cm³/mol. The molecule has 0 aliphatic heterocycles. The molecule has 0 saturated carbocycles. The average molecular weight is 280 g/mol. The molecule has 0 saturated heterocycles. The van der Waals surface area contributed by atoms with Gasteiger partial charge in [-0.3, -0.25) is 0 Å². The largest absolute Gasteiger partial charge is 0.481 e. The summed E-state index contributed by atoms with van der Waals surface area (Å²) < 4.78 is 10.2. The molecule has 0 aliphatic carbocycles. The van der Waals surface area contributed by atoms with Crippen molar-refractivity contribution in [1.29, 1.82) is 0 Å². The fourth-order valence-corrected chi connectivity index (χ4v) is 1.49. The van der Waals surface area contributed by atoms with Gasteiger partial charge < -0.3 is 19.6 Å². The first-order chi connectivity index (χ1) is 9.20. The Labute approximate surface area is 118 Å². The zero-order valence-electron chi connectivity index (χ0n) is 12.4. The third-order valence-electron chi connectivity index (χ3n) is 2.46. The van der Waals surface area contributed by atoms with Crippen LogP contribution in [0.1, 0.15) is 33.4 Å². The van der Waals surface area contributed by atoms with Gasteiger partial charge in [0.2, 0.25) is 5.88 Å². The Hall–Kier alpha value is -2.11. The lowest BCUT2D eigenvalue weighted by molar-refractivity contribution is -0.113. The summed E-state index contributed by atoms with van der Waals surface area (Å²) in [7, 11) is 1.48. The van der Waals surface area contributed by atoms with Gasteiger partial charge in [-0.1, -0.05) is 6.07 Å². The van der Waals surface area contributed by atoms with Crippen LogP contribution in [-0.2, 0) is 15.1 Å². The van der Waals surface area contributed by atoms with Crippen molar-refractivity contribution in [2.24, 2.45) is 0 Å². The number of nitrogens with zero attached hydrogens (tertiary/aromatic N) is 1. The molecule has 110 valence electrons. The second-order valence-electron chi connectivity index (χ2n) is 5.51. The number of hydrogen-bond donors (Lipinski definition) is 1. The molecule has 0 radical (unpaired) electrons. The second-order valence-corrected chi connectivity index (χ2v) is 5.51. The molecule has 1 atom stereocenters. The Morgan fingerprint density at radius 1 is 1.30 bits per heavy atom. The van der Waals surface area contributed by atoms with Gasteiger partial charge in [-0.25, -0.2) is 9.78 Å². The van der Waals surface area contributed by atoms with Gasteiger partial charge >= 0.3 is 6.09 Å². The fourth-order valence-electron chi connectivity index (χ4n) is 1.49. The van der Waals surface area contributed by atoms with Gasteiger partial charge in [0.1, 0.15) is 11.1 Å². The lowest BCUT2D eigenvalue weighted by Gasteiger charge is -2.27. The summed E-state index contributed by atoms with van der Waals surface area (Å²) in [6.45, 7) is 6.78. The van der Waals surface area contributed by atoms with Crippen LogP contribution in [0, 0.1) is 0 Å². The Morgan fingerprint density at radius 2 is 1.95 bits per heavy atom. The molecule has 1 aromatic rings. The molecule has 20 heavy (non-hydrogen) atoms. The van der Waals surface area contributed by atoms with Crippen LogP contribution in [0.15, 0.2) is 18.2 Å². The van der Waals surface area contributed by atoms with E-state index in [1.165, 1.54) is 7.11 Å². The van der Waals surface area contributed by atoms with E-state index in [0.29, 0.717) is 17.9 Å². The van der Waals surface area contributed by atoms with Gasteiger partial charge in [0, 0.05) is 6.07 Å². The molecule has 6 heteroatoms. The number of hydrogen-bond acceptors (Lipinski definition) is 5. The number of carbonyl (C=O) groups excluding carboxylic acids is 2. The van der Waals surface area contributed by atoms with Crippen LogP contribution in [0.2, 0.25) is 0 Å². The van der Waals surface area contributed by atoms with Crippen molar-refractivity contribution in [3.05, 3.63) is 23.9 Å². The Kier molecular flexibility index (Phi) is 4.70. The van der Waals surface area contributed by atoms with Crippen LogP contribution in [-0.4, -0.2) is 30.1 Å². The van der Waals surface area contributed by atoms with Crippen molar-refractivity contribution in [2.45, 2.75) is 38.8 Å². The van der Waals surface area contributed by atoms with Crippen molar-refractivity contribution >= 4 is 12.4 Å². The minimum absolute atomic E-state index is 0.363. The fraction of sp³-hybridized carbons (Fsp3) is 0.500. The van der Waals surface area contributed by atoms with E-state index in [0.717, 1.165) is 0 Å². The quantitative estimate of drug-likeness (QED) is 0.854. The highest BCUT2D eigenvalue weighted by atomic mass is 16.6. The highest BCUT2D eigenvalue weighted by Crippen LogP contribution is 2.20. The smallest absolute Gasteiger partial charge is 0.408 e. The number of pyridine rings is 1. The van der Waals surface area contributed by atoms with E-state index in [-0.39, 0.29) is 0 Å². The molecule has 1 heterocycles. The van der Waals surface area contributed by atoms with Gasteiger partial charge in [-0.05, 0) is 33.8 Å². The minimum Gasteiger partial charge on any atom is -0.481 e. The number of alkyl carbamates (subject to hydrolysis) is 1. The van der Waals surface area contributed by atoms with Gasteiger partial charge in [0.15, 0.2) is 6.29 Å². The third-order valence-corrected chi connectivity index (χ3v) is 2.46. The van der Waals surface area contributed by atoms with Gasteiger partial charge in [-0.2, -0.15) is 0 Å². The van der Waals surface area contributed by atoms with Crippen molar-refractivity contribution in [3.8, 4) is 5.88 Å². The number of ether oxygens (including phenoxy) is 2. The van der Waals surface area contributed by atoms with Crippen LogP contribution in [0.3, 0.4) is 0 Å². The maximum atomic E-state index is 11.8. The molecule has 1 rings (SSSR count). The zero-order valence-corrected chi connectivity index (χ0v) is 12.4. The van der Waals surface area contributed by atoms with E-state index in [9.17, 15) is 9.59 Å². The van der Waals surface area contributed by atoms with Crippen LogP contribution < -0.4 is 10.1 Å². The molecule has 0 spiro atoms. The molecular formula is C14H20N2O4. The van der Waals surface area contributed by atoms with Gasteiger partial charge in [-0.15, -0.1) is 0 Å². The Bertz CT molecular complexity index is 496. The number of nitrogens with one attached hydrogen (secondary N) is 1. The summed E-state index contributed by atoms with van der Waals surface area (Å²) in [6, 6.07) is 4.98. The van der Waals surface area contributed by atoms with Crippen LogP contribution in [0.25, 0.3) is 0 Å². The summed E-state index contributed by atoms with van der Waals surface area (Å²) in [5, 5.41) is 2.52. The Balaban J connectivity index is 2.96. The van der Waals surface area contributed by atoms with E-state index in [1.54, 1.807) is 45.9 Å². The summed E-state index contributed by atoms with van der Waals surface area (Å²) in [4.78, 5) is 27.3. The lowest BCUT2D eigenvalue weighted by Crippen LogP contribution is -2.47.